The van der Waals surface area contributed by atoms with Crippen LogP contribution in [0.5, 0.6) is 0 Å². The van der Waals surface area contributed by atoms with Crippen LogP contribution in [0, 0.1) is 11.3 Å². The summed E-state index contributed by atoms with van der Waals surface area (Å²) in [6.45, 7) is 0. The topological polar surface area (TPSA) is 54.5 Å². The third-order valence-electron chi connectivity index (χ3n) is 1.96. The molecule has 0 N–H and O–H groups in total. The Bertz CT molecular complexity index is 499. The van der Waals surface area contributed by atoms with Gasteiger partial charge in [-0.3, -0.25) is 0 Å². The lowest BCUT2D eigenvalue weighted by Gasteiger charge is -2.04. The van der Waals surface area contributed by atoms with E-state index in [-0.39, 0.29) is 0 Å². The van der Waals surface area contributed by atoms with Crippen molar-refractivity contribution < 1.29 is 0 Å². The molecule has 5 heteroatoms. The number of nitrogens with zero attached hydrogens (tertiary/aromatic N) is 4. The van der Waals surface area contributed by atoms with Gasteiger partial charge in [-0.15, -0.1) is 0 Å². The summed E-state index contributed by atoms with van der Waals surface area (Å²) in [5.74, 6) is 0. The van der Waals surface area contributed by atoms with Crippen LogP contribution in [0.25, 0.3) is 5.69 Å². The summed E-state index contributed by atoms with van der Waals surface area (Å²) >= 11 is 6.06. The second-order valence-corrected chi connectivity index (χ2v) is 3.37. The fourth-order valence-electron chi connectivity index (χ4n) is 1.27. The Morgan fingerprint density at radius 2 is 2.33 bits per heavy atom. The third kappa shape index (κ3) is 1.97. The molecule has 0 aliphatic carbocycles. The van der Waals surface area contributed by atoms with Gasteiger partial charge in [-0.1, -0.05) is 17.7 Å². The summed E-state index contributed by atoms with van der Waals surface area (Å²) in [4.78, 5) is 3.84. The Kier molecular flexibility index (Phi) is 2.66. The minimum atomic E-state index is 0.358. The highest BCUT2D eigenvalue weighted by Gasteiger charge is 2.04. The highest BCUT2D eigenvalue weighted by atomic mass is 35.5. The minimum Gasteiger partial charge on any atom is -0.223 e. The lowest BCUT2D eigenvalue weighted by Crippen LogP contribution is -1.96. The van der Waals surface area contributed by atoms with Gasteiger partial charge in [-0.05, 0) is 17.7 Å². The summed E-state index contributed by atoms with van der Waals surface area (Å²) in [6, 6.07) is 7.51. The molecule has 1 aromatic carbocycles. The fourth-order valence-corrected chi connectivity index (χ4v) is 1.56. The lowest BCUT2D eigenvalue weighted by molar-refractivity contribution is 0.878. The average molecular weight is 219 g/mol. The molecule has 0 radical (unpaired) electrons. The maximum atomic E-state index is 8.54. The zero-order valence-electron chi connectivity index (χ0n) is 7.76. The van der Waals surface area contributed by atoms with E-state index < -0.39 is 0 Å². The second kappa shape index (κ2) is 4.11. The van der Waals surface area contributed by atoms with Gasteiger partial charge in [-0.25, -0.2) is 9.67 Å². The molecule has 15 heavy (non-hydrogen) atoms. The van der Waals surface area contributed by atoms with Crippen LogP contribution in [-0.2, 0) is 6.42 Å². The largest absolute Gasteiger partial charge is 0.223 e. The van der Waals surface area contributed by atoms with Crippen molar-refractivity contribution in [1.82, 2.24) is 14.8 Å². The Morgan fingerprint density at radius 1 is 1.47 bits per heavy atom. The highest BCUT2D eigenvalue weighted by Crippen LogP contribution is 2.20. The normalized spacial score (nSPS) is 9.87. The Morgan fingerprint density at radius 3 is 2.93 bits per heavy atom. The van der Waals surface area contributed by atoms with E-state index in [1.54, 1.807) is 17.1 Å². The van der Waals surface area contributed by atoms with Gasteiger partial charge in [0.1, 0.15) is 12.7 Å². The zero-order chi connectivity index (χ0) is 10.7. The summed E-state index contributed by atoms with van der Waals surface area (Å²) in [5.41, 5.74) is 1.65. The molecule has 2 rings (SSSR count). The number of rotatable bonds is 2. The van der Waals surface area contributed by atoms with Crippen LogP contribution in [0.2, 0.25) is 5.02 Å². The summed E-state index contributed by atoms with van der Waals surface area (Å²) < 4.78 is 1.58. The first-order valence-electron chi connectivity index (χ1n) is 4.31. The molecule has 0 bridgehead atoms. The molecular weight excluding hydrogens is 212 g/mol. The molecule has 74 valence electrons. The quantitative estimate of drug-likeness (QED) is 0.775. The SMILES string of the molecule is N#CCc1ccc(-n2cncn2)c(Cl)c1. The molecule has 0 aliphatic rings. The highest BCUT2D eigenvalue weighted by molar-refractivity contribution is 6.32. The maximum absolute atomic E-state index is 8.54. The van der Waals surface area contributed by atoms with Gasteiger partial charge >= 0.3 is 0 Å². The Hall–Kier alpha value is -1.86. The van der Waals surface area contributed by atoms with E-state index >= 15 is 0 Å². The van der Waals surface area contributed by atoms with Crippen LogP contribution < -0.4 is 0 Å². The first-order chi connectivity index (χ1) is 7.31. The number of nitriles is 1. The van der Waals surface area contributed by atoms with Crippen molar-refractivity contribution in [2.45, 2.75) is 6.42 Å². The number of aromatic nitrogens is 3. The van der Waals surface area contributed by atoms with Crippen molar-refractivity contribution in [3.8, 4) is 11.8 Å². The van der Waals surface area contributed by atoms with Crippen LogP contribution >= 0.6 is 11.6 Å². The molecule has 4 nitrogen and oxygen atoms in total. The van der Waals surface area contributed by atoms with Crippen molar-refractivity contribution in [3.63, 3.8) is 0 Å². The van der Waals surface area contributed by atoms with E-state index in [4.69, 9.17) is 16.9 Å². The first-order valence-corrected chi connectivity index (χ1v) is 4.69. The van der Waals surface area contributed by atoms with Crippen molar-refractivity contribution in [3.05, 3.63) is 41.4 Å². The predicted octanol–water partition coefficient (Wildman–Crippen LogP) is 1.99. The molecule has 1 heterocycles. The molecule has 0 amide bonds. The van der Waals surface area contributed by atoms with E-state index in [2.05, 4.69) is 16.2 Å². The molecule has 0 aliphatic heterocycles. The molecule has 0 saturated carbocycles. The van der Waals surface area contributed by atoms with Crippen LogP contribution in [0.3, 0.4) is 0 Å². The number of halogens is 1. The Labute approximate surface area is 91.7 Å². The van der Waals surface area contributed by atoms with Gasteiger partial charge in [0, 0.05) is 0 Å². The first kappa shape index (κ1) is 9.69. The molecule has 0 saturated heterocycles. The van der Waals surface area contributed by atoms with E-state index in [1.807, 2.05) is 12.1 Å². The minimum absolute atomic E-state index is 0.358. The second-order valence-electron chi connectivity index (χ2n) is 2.96. The standard InChI is InChI=1S/C10H7ClN4/c11-9-5-8(3-4-12)1-2-10(9)15-7-13-6-14-15/h1-2,5-7H,3H2. The average Bonchev–Trinajstić information content (AvgIpc) is 2.71. The Balaban J connectivity index is 2.40. The number of hydrogen-bond acceptors (Lipinski definition) is 3. The molecular formula is C10H7ClN4. The molecule has 2 aromatic rings. The maximum Gasteiger partial charge on any atom is 0.138 e. The predicted molar refractivity (Wildman–Crippen MR) is 55.7 cm³/mol. The molecule has 0 atom stereocenters. The van der Waals surface area contributed by atoms with E-state index in [9.17, 15) is 0 Å². The van der Waals surface area contributed by atoms with E-state index in [0.717, 1.165) is 11.3 Å². The molecule has 1 aromatic heterocycles. The van der Waals surface area contributed by atoms with Crippen molar-refractivity contribution in [2.75, 3.05) is 0 Å². The number of benzene rings is 1. The van der Waals surface area contributed by atoms with Gasteiger partial charge in [0.15, 0.2) is 0 Å². The smallest absolute Gasteiger partial charge is 0.138 e. The van der Waals surface area contributed by atoms with Gasteiger partial charge in [-0.2, -0.15) is 10.4 Å². The fraction of sp³-hybridized carbons (Fsp3) is 0.100. The van der Waals surface area contributed by atoms with Crippen LogP contribution in [0.4, 0.5) is 0 Å². The third-order valence-corrected chi connectivity index (χ3v) is 2.26. The van der Waals surface area contributed by atoms with Gasteiger partial charge < -0.3 is 0 Å². The van der Waals surface area contributed by atoms with Gasteiger partial charge in [0.25, 0.3) is 0 Å². The van der Waals surface area contributed by atoms with Crippen LogP contribution in [-0.4, -0.2) is 14.8 Å². The monoisotopic (exact) mass is 218 g/mol. The van der Waals surface area contributed by atoms with Crippen molar-refractivity contribution in [2.24, 2.45) is 0 Å². The summed E-state index contributed by atoms with van der Waals surface area (Å²) in [6.07, 6.45) is 3.38. The van der Waals surface area contributed by atoms with Crippen molar-refractivity contribution >= 4 is 11.6 Å². The van der Waals surface area contributed by atoms with Crippen LogP contribution in [0.15, 0.2) is 30.9 Å². The van der Waals surface area contributed by atoms with Crippen LogP contribution in [0.1, 0.15) is 5.56 Å². The lowest BCUT2D eigenvalue weighted by atomic mass is 10.1. The summed E-state index contributed by atoms with van der Waals surface area (Å²) in [7, 11) is 0. The van der Waals surface area contributed by atoms with E-state index in [1.165, 1.54) is 6.33 Å². The number of hydrogen-bond donors (Lipinski definition) is 0. The zero-order valence-corrected chi connectivity index (χ0v) is 8.52. The molecule has 0 fully saturated rings. The molecule has 0 spiro atoms. The summed E-state index contributed by atoms with van der Waals surface area (Å²) in [5, 5.41) is 13.1. The van der Waals surface area contributed by atoms with Gasteiger partial charge in [0.05, 0.1) is 23.2 Å². The molecule has 0 unspecified atom stereocenters. The van der Waals surface area contributed by atoms with Gasteiger partial charge in [0.2, 0.25) is 0 Å². The van der Waals surface area contributed by atoms with E-state index in [0.29, 0.717) is 11.4 Å². The van der Waals surface area contributed by atoms with Crippen molar-refractivity contribution in [1.29, 1.82) is 5.26 Å².